The van der Waals surface area contributed by atoms with Crippen molar-refractivity contribution in [3.63, 3.8) is 0 Å². The van der Waals surface area contributed by atoms with Gasteiger partial charge >= 0.3 is 11.9 Å². The summed E-state index contributed by atoms with van der Waals surface area (Å²) in [6.45, 7) is 2.44. The molecule has 0 aliphatic rings. The Morgan fingerprint density at radius 1 is 1.20 bits per heavy atom. The van der Waals surface area contributed by atoms with Crippen molar-refractivity contribution in [2.45, 2.75) is 19.8 Å². The Labute approximate surface area is 147 Å². The molecule has 1 aromatic heterocycles. The van der Waals surface area contributed by atoms with Gasteiger partial charge in [0.15, 0.2) is 0 Å². The number of methoxy groups -OCH3 is 1. The molecule has 0 bridgehead atoms. The summed E-state index contributed by atoms with van der Waals surface area (Å²) in [7, 11) is 3.17. The molecule has 132 valence electrons. The zero-order chi connectivity index (χ0) is 18.2. The molecule has 0 aliphatic carbocycles. The maximum Gasteiger partial charge on any atom is 0.340 e. The maximum absolute atomic E-state index is 12.1. The molecule has 0 saturated heterocycles. The van der Waals surface area contributed by atoms with Gasteiger partial charge in [0.2, 0.25) is 0 Å². The number of aryl methyl sites for hydroxylation is 1. The molecule has 0 fully saturated rings. The molecule has 2 aromatic rings. The SMILES string of the molecule is CCCCOC(=O)/C=C/c1c(-c2ccccc2)c(C(=O)OC)cn1C. The second-order valence-electron chi connectivity index (χ2n) is 5.63. The van der Waals surface area contributed by atoms with E-state index in [4.69, 9.17) is 9.47 Å². The monoisotopic (exact) mass is 341 g/mol. The first-order valence-electron chi connectivity index (χ1n) is 8.26. The summed E-state index contributed by atoms with van der Waals surface area (Å²) in [5.74, 6) is -0.812. The molecule has 1 aromatic carbocycles. The van der Waals surface area contributed by atoms with E-state index in [1.807, 2.05) is 44.3 Å². The summed E-state index contributed by atoms with van der Waals surface area (Å²) < 4.78 is 11.8. The van der Waals surface area contributed by atoms with Gasteiger partial charge in [0.05, 0.1) is 19.3 Å². The number of rotatable bonds is 7. The highest BCUT2D eigenvalue weighted by atomic mass is 16.5. The zero-order valence-electron chi connectivity index (χ0n) is 14.8. The van der Waals surface area contributed by atoms with Crippen LogP contribution in [0, 0.1) is 0 Å². The number of ether oxygens (including phenoxy) is 2. The molecular formula is C20H23NO4. The predicted molar refractivity (Wildman–Crippen MR) is 97.1 cm³/mol. The third kappa shape index (κ3) is 4.59. The zero-order valence-corrected chi connectivity index (χ0v) is 14.8. The highest BCUT2D eigenvalue weighted by Crippen LogP contribution is 2.30. The van der Waals surface area contributed by atoms with Crippen molar-refractivity contribution in [3.05, 3.63) is 53.9 Å². The van der Waals surface area contributed by atoms with E-state index in [0.29, 0.717) is 12.2 Å². The van der Waals surface area contributed by atoms with Gasteiger partial charge in [0, 0.05) is 30.6 Å². The van der Waals surface area contributed by atoms with Crippen LogP contribution in [-0.2, 0) is 21.3 Å². The van der Waals surface area contributed by atoms with E-state index < -0.39 is 11.9 Å². The van der Waals surface area contributed by atoms with E-state index in [1.165, 1.54) is 13.2 Å². The lowest BCUT2D eigenvalue weighted by Gasteiger charge is -2.06. The van der Waals surface area contributed by atoms with E-state index in [2.05, 4.69) is 0 Å². The van der Waals surface area contributed by atoms with Crippen LogP contribution in [-0.4, -0.2) is 30.2 Å². The van der Waals surface area contributed by atoms with Crippen molar-refractivity contribution < 1.29 is 19.1 Å². The number of hydrogen-bond donors (Lipinski definition) is 0. The number of hydrogen-bond acceptors (Lipinski definition) is 4. The topological polar surface area (TPSA) is 57.5 Å². The van der Waals surface area contributed by atoms with Crippen LogP contribution in [0.25, 0.3) is 17.2 Å². The largest absolute Gasteiger partial charge is 0.465 e. The quantitative estimate of drug-likeness (QED) is 0.436. The van der Waals surface area contributed by atoms with Crippen molar-refractivity contribution >= 4 is 18.0 Å². The number of nitrogens with zero attached hydrogens (tertiary/aromatic N) is 1. The fraction of sp³-hybridized carbons (Fsp3) is 0.300. The van der Waals surface area contributed by atoms with Gasteiger partial charge in [-0.05, 0) is 18.1 Å². The van der Waals surface area contributed by atoms with E-state index in [1.54, 1.807) is 16.8 Å². The number of aromatic nitrogens is 1. The molecule has 0 aliphatic heterocycles. The van der Waals surface area contributed by atoms with Gasteiger partial charge in [-0.2, -0.15) is 0 Å². The fourth-order valence-corrected chi connectivity index (χ4v) is 2.53. The minimum atomic E-state index is -0.417. The Bertz CT molecular complexity index is 760. The highest BCUT2D eigenvalue weighted by Gasteiger charge is 2.20. The van der Waals surface area contributed by atoms with Gasteiger partial charge in [-0.3, -0.25) is 0 Å². The minimum absolute atomic E-state index is 0.395. The molecule has 0 atom stereocenters. The first-order chi connectivity index (χ1) is 12.1. The summed E-state index contributed by atoms with van der Waals surface area (Å²) >= 11 is 0. The van der Waals surface area contributed by atoms with Crippen LogP contribution in [0.1, 0.15) is 35.8 Å². The number of carbonyl (C=O) groups is 2. The average Bonchev–Trinajstić information content (AvgIpc) is 2.96. The normalized spacial score (nSPS) is 10.8. The van der Waals surface area contributed by atoms with Crippen molar-refractivity contribution in [2.75, 3.05) is 13.7 Å². The van der Waals surface area contributed by atoms with Crippen molar-refractivity contribution in [1.82, 2.24) is 4.57 Å². The molecular weight excluding hydrogens is 318 g/mol. The summed E-state index contributed by atoms with van der Waals surface area (Å²) in [4.78, 5) is 24.0. The third-order valence-electron chi connectivity index (χ3n) is 3.82. The summed E-state index contributed by atoms with van der Waals surface area (Å²) in [5, 5.41) is 0. The number of benzene rings is 1. The molecule has 0 spiro atoms. The number of carbonyl (C=O) groups excluding carboxylic acids is 2. The molecule has 0 N–H and O–H groups in total. The van der Waals surface area contributed by atoms with E-state index in [-0.39, 0.29) is 0 Å². The number of unbranched alkanes of at least 4 members (excludes halogenated alkanes) is 1. The Balaban J connectivity index is 2.39. The van der Waals surface area contributed by atoms with Crippen molar-refractivity contribution in [1.29, 1.82) is 0 Å². The van der Waals surface area contributed by atoms with E-state index >= 15 is 0 Å². The van der Waals surface area contributed by atoms with Gasteiger partial charge in [-0.25, -0.2) is 9.59 Å². The van der Waals surface area contributed by atoms with E-state index in [9.17, 15) is 9.59 Å². The Morgan fingerprint density at radius 3 is 2.56 bits per heavy atom. The van der Waals surface area contributed by atoms with Crippen LogP contribution >= 0.6 is 0 Å². The lowest BCUT2D eigenvalue weighted by atomic mass is 10.0. The molecule has 25 heavy (non-hydrogen) atoms. The highest BCUT2D eigenvalue weighted by molar-refractivity contribution is 6.00. The van der Waals surface area contributed by atoms with Crippen molar-refractivity contribution in [3.8, 4) is 11.1 Å². The molecule has 5 nitrogen and oxygen atoms in total. The van der Waals surface area contributed by atoms with Gasteiger partial charge < -0.3 is 14.0 Å². The Hall–Kier alpha value is -2.82. The predicted octanol–water partition coefficient (Wildman–Crippen LogP) is 3.84. The average molecular weight is 341 g/mol. The smallest absolute Gasteiger partial charge is 0.340 e. The first kappa shape index (κ1) is 18.5. The molecule has 0 amide bonds. The second-order valence-corrected chi connectivity index (χ2v) is 5.63. The third-order valence-corrected chi connectivity index (χ3v) is 3.82. The fourth-order valence-electron chi connectivity index (χ4n) is 2.53. The van der Waals surface area contributed by atoms with Crippen LogP contribution in [0.15, 0.2) is 42.6 Å². The summed E-state index contributed by atoms with van der Waals surface area (Å²) in [6.07, 6.45) is 6.57. The van der Waals surface area contributed by atoms with E-state index in [0.717, 1.165) is 29.7 Å². The molecule has 2 rings (SSSR count). The van der Waals surface area contributed by atoms with Crippen LogP contribution in [0.5, 0.6) is 0 Å². The van der Waals surface area contributed by atoms with Gasteiger partial charge in [0.1, 0.15) is 0 Å². The minimum Gasteiger partial charge on any atom is -0.465 e. The number of esters is 2. The van der Waals surface area contributed by atoms with Crippen LogP contribution in [0.3, 0.4) is 0 Å². The van der Waals surface area contributed by atoms with Crippen LogP contribution in [0.4, 0.5) is 0 Å². The van der Waals surface area contributed by atoms with Gasteiger partial charge in [0.25, 0.3) is 0 Å². The Morgan fingerprint density at radius 2 is 1.92 bits per heavy atom. The molecule has 0 unspecified atom stereocenters. The maximum atomic E-state index is 12.1. The van der Waals surface area contributed by atoms with Gasteiger partial charge in [-0.1, -0.05) is 43.7 Å². The van der Waals surface area contributed by atoms with Crippen molar-refractivity contribution in [2.24, 2.45) is 7.05 Å². The molecule has 0 radical (unpaired) electrons. The van der Waals surface area contributed by atoms with Crippen LogP contribution in [0.2, 0.25) is 0 Å². The second kappa shape index (κ2) is 8.87. The molecule has 5 heteroatoms. The van der Waals surface area contributed by atoms with Gasteiger partial charge in [-0.15, -0.1) is 0 Å². The molecule has 0 saturated carbocycles. The molecule has 1 heterocycles. The lowest BCUT2D eigenvalue weighted by Crippen LogP contribution is -2.02. The van der Waals surface area contributed by atoms with Crippen LogP contribution < -0.4 is 0 Å². The lowest BCUT2D eigenvalue weighted by molar-refractivity contribution is -0.137. The Kier molecular flexibility index (Phi) is 6.57. The summed E-state index contributed by atoms with van der Waals surface area (Å²) in [5.41, 5.74) is 2.80. The standard InChI is InChI=1S/C20H23NO4/c1-4-5-13-25-18(22)12-11-17-19(15-9-7-6-8-10-15)16(14-21(17)2)20(23)24-3/h6-12,14H,4-5,13H2,1-3H3/b12-11+. The first-order valence-corrected chi connectivity index (χ1v) is 8.26. The summed E-state index contributed by atoms with van der Waals surface area (Å²) in [6, 6.07) is 9.54.